The van der Waals surface area contributed by atoms with Crippen molar-refractivity contribution in [3.05, 3.63) is 29.8 Å². The van der Waals surface area contributed by atoms with Crippen LogP contribution in [0.2, 0.25) is 0 Å². The number of hydrogen-bond acceptors (Lipinski definition) is 4. The molecule has 0 amide bonds. The van der Waals surface area contributed by atoms with Crippen molar-refractivity contribution in [2.24, 2.45) is 0 Å². The molecule has 0 aliphatic heterocycles. The van der Waals surface area contributed by atoms with Gasteiger partial charge in [0.25, 0.3) is 0 Å². The molecule has 0 atom stereocenters. The van der Waals surface area contributed by atoms with Crippen LogP contribution >= 0.6 is 0 Å². The molecule has 1 aromatic carbocycles. The number of benzene rings is 1. The van der Waals surface area contributed by atoms with Gasteiger partial charge in [0.2, 0.25) is 5.88 Å². The lowest BCUT2D eigenvalue weighted by Crippen LogP contribution is -1.95. The molecule has 0 unspecified atom stereocenters. The van der Waals surface area contributed by atoms with Crippen LogP contribution in [-0.4, -0.2) is 12.3 Å². The predicted molar refractivity (Wildman–Crippen MR) is 74.1 cm³/mol. The average molecular weight is 258 g/mol. The maximum Gasteiger partial charge on any atom is 0.222 e. The van der Waals surface area contributed by atoms with Crippen molar-refractivity contribution in [2.45, 2.75) is 31.6 Å². The van der Waals surface area contributed by atoms with E-state index < -0.39 is 0 Å². The van der Waals surface area contributed by atoms with Crippen LogP contribution in [0.3, 0.4) is 0 Å². The van der Waals surface area contributed by atoms with Gasteiger partial charge in [0.1, 0.15) is 11.4 Å². The quantitative estimate of drug-likeness (QED) is 0.913. The normalized spacial score (nSPS) is 15.8. The summed E-state index contributed by atoms with van der Waals surface area (Å²) < 4.78 is 10.4. The summed E-state index contributed by atoms with van der Waals surface area (Å²) in [6.45, 7) is 0. The van der Waals surface area contributed by atoms with Crippen LogP contribution in [-0.2, 0) is 0 Å². The molecule has 4 heteroatoms. The van der Waals surface area contributed by atoms with Crippen molar-refractivity contribution in [1.29, 1.82) is 0 Å². The third-order valence-corrected chi connectivity index (χ3v) is 3.85. The summed E-state index contributed by atoms with van der Waals surface area (Å²) in [6, 6.07) is 8.05. The van der Waals surface area contributed by atoms with E-state index in [0.29, 0.717) is 11.8 Å². The molecule has 0 radical (unpaired) electrons. The summed E-state index contributed by atoms with van der Waals surface area (Å²) in [5.41, 5.74) is 8.64. The molecule has 1 aliphatic carbocycles. The van der Waals surface area contributed by atoms with Gasteiger partial charge in [-0.3, -0.25) is 0 Å². The van der Waals surface area contributed by atoms with Crippen molar-refractivity contribution in [1.82, 2.24) is 5.16 Å². The molecule has 1 aromatic heterocycles. The highest BCUT2D eigenvalue weighted by atomic mass is 16.5. The number of nitrogen functional groups attached to an aromatic ring is 1. The fourth-order valence-electron chi connectivity index (χ4n) is 2.86. The zero-order valence-corrected chi connectivity index (χ0v) is 11.1. The minimum atomic E-state index is 0.323. The van der Waals surface area contributed by atoms with E-state index in [2.05, 4.69) is 17.3 Å². The first kappa shape index (κ1) is 12.1. The van der Waals surface area contributed by atoms with Gasteiger partial charge in [0, 0.05) is 11.6 Å². The molecule has 2 N–H and O–H groups in total. The number of aromatic nitrogens is 1. The third kappa shape index (κ3) is 2.30. The van der Waals surface area contributed by atoms with Crippen LogP contribution in [0.15, 0.2) is 28.8 Å². The molecule has 4 nitrogen and oxygen atoms in total. The standard InChI is InChI=1S/C15H18N2O2/c1-18-14-7-6-11(10-4-2-3-5-10)8-12(14)13-9-15(16)19-17-13/h6-10H,2-5,16H2,1H3. The van der Waals surface area contributed by atoms with Crippen molar-refractivity contribution in [3.8, 4) is 17.0 Å². The molecular weight excluding hydrogens is 240 g/mol. The van der Waals surface area contributed by atoms with Crippen LogP contribution in [0, 0.1) is 0 Å². The van der Waals surface area contributed by atoms with E-state index >= 15 is 0 Å². The van der Waals surface area contributed by atoms with Gasteiger partial charge in [-0.05, 0) is 36.5 Å². The minimum Gasteiger partial charge on any atom is -0.496 e. The lowest BCUT2D eigenvalue weighted by molar-refractivity contribution is 0.413. The monoisotopic (exact) mass is 258 g/mol. The Balaban J connectivity index is 2.02. The van der Waals surface area contributed by atoms with E-state index in [1.54, 1.807) is 13.2 Å². The van der Waals surface area contributed by atoms with Gasteiger partial charge in [-0.1, -0.05) is 24.1 Å². The van der Waals surface area contributed by atoms with Crippen LogP contribution in [0.25, 0.3) is 11.3 Å². The second-order valence-corrected chi connectivity index (χ2v) is 5.06. The molecule has 1 saturated carbocycles. The lowest BCUT2D eigenvalue weighted by atomic mass is 9.95. The smallest absolute Gasteiger partial charge is 0.222 e. The summed E-state index contributed by atoms with van der Waals surface area (Å²) in [5.74, 6) is 1.78. The molecule has 0 spiro atoms. The van der Waals surface area contributed by atoms with E-state index in [1.165, 1.54) is 31.2 Å². The Morgan fingerprint density at radius 1 is 1.26 bits per heavy atom. The Hall–Kier alpha value is -1.97. The van der Waals surface area contributed by atoms with E-state index in [9.17, 15) is 0 Å². The molecule has 2 aromatic rings. The Kier molecular flexibility index (Phi) is 3.15. The van der Waals surface area contributed by atoms with Gasteiger partial charge in [-0.15, -0.1) is 0 Å². The second-order valence-electron chi connectivity index (χ2n) is 5.06. The van der Waals surface area contributed by atoms with Crippen molar-refractivity contribution < 1.29 is 9.26 Å². The van der Waals surface area contributed by atoms with Gasteiger partial charge in [0.15, 0.2) is 0 Å². The number of nitrogens with zero attached hydrogens (tertiary/aromatic N) is 1. The first-order chi connectivity index (χ1) is 9.28. The zero-order chi connectivity index (χ0) is 13.2. The maximum atomic E-state index is 5.60. The zero-order valence-electron chi connectivity index (χ0n) is 11.1. The Labute approximate surface area is 112 Å². The summed E-state index contributed by atoms with van der Waals surface area (Å²) >= 11 is 0. The molecule has 1 heterocycles. The van der Waals surface area contributed by atoms with E-state index in [-0.39, 0.29) is 0 Å². The van der Waals surface area contributed by atoms with Gasteiger partial charge in [-0.25, -0.2) is 0 Å². The van der Waals surface area contributed by atoms with Crippen molar-refractivity contribution >= 4 is 5.88 Å². The molecule has 0 bridgehead atoms. The van der Waals surface area contributed by atoms with E-state index in [4.69, 9.17) is 15.0 Å². The molecule has 1 fully saturated rings. The number of hydrogen-bond donors (Lipinski definition) is 1. The molecule has 19 heavy (non-hydrogen) atoms. The maximum absolute atomic E-state index is 5.60. The SMILES string of the molecule is COc1ccc(C2CCCC2)cc1-c1cc(N)on1. The minimum absolute atomic E-state index is 0.323. The number of anilines is 1. The van der Waals surface area contributed by atoms with Crippen molar-refractivity contribution in [3.63, 3.8) is 0 Å². The first-order valence-corrected chi connectivity index (χ1v) is 6.68. The number of ether oxygens (including phenoxy) is 1. The highest BCUT2D eigenvalue weighted by molar-refractivity contribution is 5.69. The van der Waals surface area contributed by atoms with E-state index in [0.717, 1.165) is 17.0 Å². The number of rotatable bonds is 3. The van der Waals surface area contributed by atoms with Gasteiger partial charge in [0.05, 0.1) is 7.11 Å². The Bertz CT molecular complexity index is 571. The topological polar surface area (TPSA) is 61.3 Å². The largest absolute Gasteiger partial charge is 0.496 e. The average Bonchev–Trinajstić information content (AvgIpc) is 3.09. The van der Waals surface area contributed by atoms with Gasteiger partial charge >= 0.3 is 0 Å². The molecular formula is C15H18N2O2. The highest BCUT2D eigenvalue weighted by Gasteiger charge is 2.19. The Morgan fingerprint density at radius 2 is 2.05 bits per heavy atom. The second kappa shape index (κ2) is 4.96. The van der Waals surface area contributed by atoms with Gasteiger partial charge in [-0.2, -0.15) is 0 Å². The third-order valence-electron chi connectivity index (χ3n) is 3.85. The molecule has 3 rings (SSSR count). The predicted octanol–water partition coefficient (Wildman–Crippen LogP) is 3.59. The number of nitrogens with two attached hydrogens (primary N) is 1. The highest BCUT2D eigenvalue weighted by Crippen LogP contribution is 2.38. The van der Waals surface area contributed by atoms with E-state index in [1.807, 2.05) is 6.07 Å². The van der Waals surface area contributed by atoms with Crippen LogP contribution < -0.4 is 10.5 Å². The fraction of sp³-hybridized carbons (Fsp3) is 0.400. The van der Waals surface area contributed by atoms with Crippen LogP contribution in [0.1, 0.15) is 37.2 Å². The summed E-state index contributed by atoms with van der Waals surface area (Å²) in [6.07, 6.45) is 5.19. The Morgan fingerprint density at radius 3 is 2.68 bits per heavy atom. The summed E-state index contributed by atoms with van der Waals surface area (Å²) in [4.78, 5) is 0. The summed E-state index contributed by atoms with van der Waals surface area (Å²) in [7, 11) is 1.66. The molecule has 0 saturated heterocycles. The fourth-order valence-corrected chi connectivity index (χ4v) is 2.86. The lowest BCUT2D eigenvalue weighted by Gasteiger charge is -2.13. The van der Waals surface area contributed by atoms with Gasteiger partial charge < -0.3 is 15.0 Å². The number of methoxy groups -OCH3 is 1. The molecule has 1 aliphatic rings. The van der Waals surface area contributed by atoms with Crippen LogP contribution in [0.5, 0.6) is 5.75 Å². The molecule has 100 valence electrons. The summed E-state index contributed by atoms with van der Waals surface area (Å²) in [5, 5.41) is 3.98. The van der Waals surface area contributed by atoms with Crippen molar-refractivity contribution in [2.75, 3.05) is 12.8 Å². The van der Waals surface area contributed by atoms with Crippen LogP contribution in [0.4, 0.5) is 5.88 Å². The first-order valence-electron chi connectivity index (χ1n) is 6.68.